The molecule has 0 spiro atoms. The van der Waals surface area contributed by atoms with E-state index in [1.165, 1.54) is 26.1 Å². The minimum atomic E-state index is -1.21. The number of carbonyl (C=O) groups excluding carboxylic acids is 1. The van der Waals surface area contributed by atoms with Crippen LogP contribution in [0.5, 0.6) is 0 Å². The number of Topliss-reactive ketones (excluding diaryl/α,β-unsaturated/α-hetero) is 1. The second kappa shape index (κ2) is 6.78. The van der Waals surface area contributed by atoms with Crippen molar-refractivity contribution >= 4 is 17.3 Å². The molecule has 1 aromatic heterocycles. The third kappa shape index (κ3) is 3.34. The lowest BCUT2D eigenvalue weighted by molar-refractivity contribution is -0.111. The first kappa shape index (κ1) is 17.0. The Bertz CT molecular complexity index is 735. The first-order chi connectivity index (χ1) is 10.9. The molecule has 9 heteroatoms. The lowest BCUT2D eigenvalue weighted by atomic mass is 10.0. The van der Waals surface area contributed by atoms with Gasteiger partial charge in [-0.15, -0.1) is 0 Å². The van der Waals surface area contributed by atoms with Crippen molar-refractivity contribution in [1.82, 2.24) is 9.55 Å². The van der Waals surface area contributed by atoms with E-state index in [-0.39, 0.29) is 17.3 Å². The van der Waals surface area contributed by atoms with Gasteiger partial charge in [-0.05, 0) is 13.0 Å². The van der Waals surface area contributed by atoms with Crippen LogP contribution in [0.15, 0.2) is 22.1 Å². The van der Waals surface area contributed by atoms with E-state index in [2.05, 4.69) is 9.98 Å². The SMILES string of the molecule is CC(=O)C(C)=Nc1ccn(C2O[C@H](CO)[C@@H](O)[C@@H]2C#N)c(=O)n1. The van der Waals surface area contributed by atoms with Crippen LogP contribution in [0, 0.1) is 17.2 Å². The Labute approximate surface area is 131 Å². The summed E-state index contributed by atoms with van der Waals surface area (Å²) in [5.74, 6) is -1.20. The topological polar surface area (TPSA) is 138 Å². The number of nitrogens with zero attached hydrogens (tertiary/aromatic N) is 4. The molecule has 0 aromatic carbocycles. The van der Waals surface area contributed by atoms with Gasteiger partial charge in [0.15, 0.2) is 17.8 Å². The van der Waals surface area contributed by atoms with Crippen LogP contribution < -0.4 is 5.69 Å². The summed E-state index contributed by atoms with van der Waals surface area (Å²) in [5, 5.41) is 28.2. The molecule has 2 rings (SSSR count). The van der Waals surface area contributed by atoms with Gasteiger partial charge in [-0.25, -0.2) is 9.79 Å². The second-order valence-electron chi connectivity index (χ2n) is 5.12. The van der Waals surface area contributed by atoms with Gasteiger partial charge in [0.25, 0.3) is 0 Å². The van der Waals surface area contributed by atoms with Crippen LogP contribution >= 0.6 is 0 Å². The highest BCUT2D eigenvalue weighted by Gasteiger charge is 2.45. The van der Waals surface area contributed by atoms with Crippen molar-refractivity contribution in [2.45, 2.75) is 32.3 Å². The van der Waals surface area contributed by atoms with Crippen molar-refractivity contribution < 1.29 is 19.7 Å². The third-order valence-electron chi connectivity index (χ3n) is 3.58. The van der Waals surface area contributed by atoms with Crippen LogP contribution in [-0.4, -0.2) is 50.1 Å². The highest BCUT2D eigenvalue weighted by molar-refractivity contribution is 6.38. The molecular formula is C14H16N4O5. The van der Waals surface area contributed by atoms with Gasteiger partial charge < -0.3 is 14.9 Å². The molecule has 1 saturated heterocycles. The van der Waals surface area contributed by atoms with Crippen molar-refractivity contribution in [3.63, 3.8) is 0 Å². The molecule has 0 amide bonds. The van der Waals surface area contributed by atoms with E-state index in [0.717, 1.165) is 4.57 Å². The molecule has 1 unspecified atom stereocenters. The zero-order chi connectivity index (χ0) is 17.1. The zero-order valence-electron chi connectivity index (χ0n) is 12.6. The number of hydrogen-bond acceptors (Lipinski definition) is 8. The monoisotopic (exact) mass is 320 g/mol. The van der Waals surface area contributed by atoms with Crippen molar-refractivity contribution in [1.29, 1.82) is 5.26 Å². The number of nitriles is 1. The summed E-state index contributed by atoms with van der Waals surface area (Å²) in [7, 11) is 0. The van der Waals surface area contributed by atoms with Crippen LogP contribution in [0.3, 0.4) is 0 Å². The molecule has 4 atom stereocenters. The summed E-state index contributed by atoms with van der Waals surface area (Å²) in [4.78, 5) is 30.9. The number of aliphatic hydroxyl groups excluding tert-OH is 2. The van der Waals surface area contributed by atoms with Crippen molar-refractivity contribution in [2.24, 2.45) is 10.9 Å². The molecular weight excluding hydrogens is 304 g/mol. The van der Waals surface area contributed by atoms with Crippen molar-refractivity contribution in [3.8, 4) is 6.07 Å². The Morgan fingerprint density at radius 2 is 2.26 bits per heavy atom. The van der Waals surface area contributed by atoms with E-state index < -0.39 is 36.7 Å². The Morgan fingerprint density at radius 1 is 1.57 bits per heavy atom. The van der Waals surface area contributed by atoms with Crippen LogP contribution in [-0.2, 0) is 9.53 Å². The number of ketones is 1. The van der Waals surface area contributed by atoms with E-state index in [4.69, 9.17) is 15.1 Å². The number of carbonyl (C=O) groups is 1. The minimum Gasteiger partial charge on any atom is -0.394 e. The van der Waals surface area contributed by atoms with E-state index in [1.54, 1.807) is 0 Å². The van der Waals surface area contributed by atoms with Gasteiger partial charge in [-0.2, -0.15) is 10.2 Å². The average molecular weight is 320 g/mol. The largest absolute Gasteiger partial charge is 0.394 e. The van der Waals surface area contributed by atoms with Gasteiger partial charge in [0.05, 0.1) is 18.4 Å². The number of aliphatic imine (C=N–C) groups is 1. The summed E-state index contributed by atoms with van der Waals surface area (Å²) in [6.45, 7) is 2.38. The molecule has 1 fully saturated rings. The van der Waals surface area contributed by atoms with Gasteiger partial charge in [0.1, 0.15) is 18.1 Å². The maximum atomic E-state index is 12.1. The Kier molecular flexibility index (Phi) is 5.00. The van der Waals surface area contributed by atoms with Crippen LogP contribution in [0.4, 0.5) is 5.82 Å². The average Bonchev–Trinajstić information content (AvgIpc) is 2.83. The quantitative estimate of drug-likeness (QED) is 0.700. The molecule has 0 aliphatic carbocycles. The molecule has 2 heterocycles. The maximum Gasteiger partial charge on any atom is 0.351 e. The number of rotatable bonds is 4. The first-order valence-corrected chi connectivity index (χ1v) is 6.88. The minimum absolute atomic E-state index is 0.0599. The fourth-order valence-electron chi connectivity index (χ4n) is 2.18. The normalized spacial score (nSPS) is 27.7. The van der Waals surface area contributed by atoms with E-state index in [0.29, 0.717) is 0 Å². The van der Waals surface area contributed by atoms with Crippen LogP contribution in [0.25, 0.3) is 0 Å². The fraction of sp³-hybridized carbons (Fsp3) is 0.500. The summed E-state index contributed by atoms with van der Waals surface area (Å²) in [5.41, 5.74) is -0.531. The number of hydrogen-bond donors (Lipinski definition) is 2. The second-order valence-corrected chi connectivity index (χ2v) is 5.12. The zero-order valence-corrected chi connectivity index (χ0v) is 12.6. The van der Waals surface area contributed by atoms with Crippen LogP contribution in [0.2, 0.25) is 0 Å². The van der Waals surface area contributed by atoms with Crippen LogP contribution in [0.1, 0.15) is 20.1 Å². The molecule has 0 radical (unpaired) electrons. The molecule has 1 aliphatic rings. The molecule has 0 saturated carbocycles. The lowest BCUT2D eigenvalue weighted by Gasteiger charge is -2.16. The van der Waals surface area contributed by atoms with E-state index >= 15 is 0 Å². The summed E-state index contributed by atoms with van der Waals surface area (Å²) >= 11 is 0. The van der Waals surface area contributed by atoms with Gasteiger partial charge in [-0.3, -0.25) is 9.36 Å². The molecule has 1 aromatic rings. The number of aromatic nitrogens is 2. The molecule has 9 nitrogen and oxygen atoms in total. The van der Waals surface area contributed by atoms with Crippen molar-refractivity contribution in [3.05, 3.63) is 22.7 Å². The number of ether oxygens (including phenoxy) is 1. The highest BCUT2D eigenvalue weighted by atomic mass is 16.5. The Hall–Kier alpha value is -2.41. The molecule has 23 heavy (non-hydrogen) atoms. The fourth-order valence-corrected chi connectivity index (χ4v) is 2.18. The van der Waals surface area contributed by atoms with E-state index in [1.807, 2.05) is 6.07 Å². The van der Waals surface area contributed by atoms with Gasteiger partial charge >= 0.3 is 5.69 Å². The predicted octanol–water partition coefficient (Wildman–Crippen LogP) is -0.685. The summed E-state index contributed by atoms with van der Waals surface area (Å²) < 4.78 is 6.41. The standard InChI is InChI=1S/C14H16N4O5/c1-7(8(2)20)16-11-3-4-18(14(22)17-11)13-9(5-15)12(21)10(6-19)23-13/h3-4,9-10,12-13,19,21H,6H2,1-2H3/t9-,10+,12-,13?/m0/s1. The van der Waals surface area contributed by atoms with Gasteiger partial charge in [0, 0.05) is 13.1 Å². The molecule has 1 aliphatic heterocycles. The molecule has 2 N–H and O–H groups in total. The van der Waals surface area contributed by atoms with Gasteiger partial charge in [0.2, 0.25) is 0 Å². The Morgan fingerprint density at radius 3 is 2.78 bits per heavy atom. The number of aliphatic hydroxyl groups is 2. The first-order valence-electron chi connectivity index (χ1n) is 6.88. The highest BCUT2D eigenvalue weighted by Crippen LogP contribution is 2.33. The molecule has 122 valence electrons. The molecule has 0 bridgehead atoms. The van der Waals surface area contributed by atoms with Crippen molar-refractivity contribution in [2.75, 3.05) is 6.61 Å². The summed E-state index contributed by atoms with van der Waals surface area (Å²) in [6.07, 6.45) is -1.89. The smallest absolute Gasteiger partial charge is 0.351 e. The predicted molar refractivity (Wildman–Crippen MR) is 78.1 cm³/mol. The van der Waals surface area contributed by atoms with E-state index in [9.17, 15) is 14.7 Å². The lowest BCUT2D eigenvalue weighted by Crippen LogP contribution is -2.31. The summed E-state index contributed by atoms with van der Waals surface area (Å²) in [6, 6.07) is 3.26. The maximum absolute atomic E-state index is 12.1. The third-order valence-corrected chi connectivity index (χ3v) is 3.58. The Balaban J connectivity index is 2.35. The van der Waals surface area contributed by atoms with Gasteiger partial charge in [-0.1, -0.05) is 0 Å².